The van der Waals surface area contributed by atoms with Gasteiger partial charge in [0.15, 0.2) is 11.4 Å². The van der Waals surface area contributed by atoms with Crippen molar-refractivity contribution in [1.29, 1.82) is 0 Å². The number of carbonyl (C=O) groups is 1. The molecule has 1 fully saturated rings. The highest BCUT2D eigenvalue weighted by Gasteiger charge is 2.18. The second-order valence-electron chi connectivity index (χ2n) is 6.56. The molecule has 0 bridgehead atoms. The molecule has 0 spiro atoms. The summed E-state index contributed by atoms with van der Waals surface area (Å²) in [5, 5.41) is 4.79. The van der Waals surface area contributed by atoms with Crippen LogP contribution in [0.1, 0.15) is 30.1 Å². The highest BCUT2D eigenvalue weighted by Crippen LogP contribution is 2.23. The summed E-state index contributed by atoms with van der Waals surface area (Å²) in [7, 11) is 0. The van der Waals surface area contributed by atoms with Crippen molar-refractivity contribution in [2.75, 3.05) is 18.0 Å². The number of aromatic nitrogens is 3. The molecule has 2 aromatic heterocycles. The number of fused-ring (bicyclic) bond motifs is 1. The van der Waals surface area contributed by atoms with E-state index in [0.717, 1.165) is 48.7 Å². The number of anilines is 1. The van der Waals surface area contributed by atoms with Crippen LogP contribution in [0.25, 0.3) is 16.9 Å². The van der Waals surface area contributed by atoms with E-state index in [4.69, 9.17) is 10.8 Å². The minimum atomic E-state index is 0.0633. The van der Waals surface area contributed by atoms with E-state index >= 15 is 0 Å². The van der Waals surface area contributed by atoms with Crippen molar-refractivity contribution in [2.24, 2.45) is 5.73 Å². The van der Waals surface area contributed by atoms with Crippen LogP contribution in [0.15, 0.2) is 42.6 Å². The summed E-state index contributed by atoms with van der Waals surface area (Å²) in [6, 6.07) is 11.9. The standard InChI is InChI=1S/C19H21N5O/c1-13(25)14-2-4-15(5-3-14)17-12-21-18-6-7-19(22-24(17)18)23-10-8-16(20)9-11-23/h2-7,12,16H,8-11,20H2,1H3. The van der Waals surface area contributed by atoms with Crippen LogP contribution in [0, 0.1) is 0 Å². The van der Waals surface area contributed by atoms with E-state index in [1.807, 2.05) is 47.1 Å². The first-order chi connectivity index (χ1) is 12.1. The summed E-state index contributed by atoms with van der Waals surface area (Å²) in [4.78, 5) is 18.2. The average Bonchev–Trinajstić information content (AvgIpc) is 3.05. The van der Waals surface area contributed by atoms with Crippen molar-refractivity contribution in [3.05, 3.63) is 48.2 Å². The number of nitrogens with zero attached hydrogens (tertiary/aromatic N) is 4. The SMILES string of the molecule is CC(=O)c1ccc(-c2cnc3ccc(N4CCC(N)CC4)nn23)cc1. The highest BCUT2D eigenvalue weighted by atomic mass is 16.1. The fraction of sp³-hybridized carbons (Fsp3) is 0.316. The van der Waals surface area contributed by atoms with Crippen LogP contribution in [0.2, 0.25) is 0 Å². The zero-order valence-corrected chi connectivity index (χ0v) is 14.2. The van der Waals surface area contributed by atoms with Crippen molar-refractivity contribution in [1.82, 2.24) is 14.6 Å². The normalized spacial score (nSPS) is 15.7. The summed E-state index contributed by atoms with van der Waals surface area (Å²) >= 11 is 0. The largest absolute Gasteiger partial charge is 0.355 e. The zero-order chi connectivity index (χ0) is 17.4. The number of nitrogens with two attached hydrogens (primary N) is 1. The first kappa shape index (κ1) is 15.8. The fourth-order valence-corrected chi connectivity index (χ4v) is 3.23. The summed E-state index contributed by atoms with van der Waals surface area (Å²) in [5.41, 5.74) is 9.42. The van der Waals surface area contributed by atoms with Crippen LogP contribution in [0.5, 0.6) is 0 Å². The van der Waals surface area contributed by atoms with Crippen LogP contribution in [0.3, 0.4) is 0 Å². The minimum absolute atomic E-state index is 0.0633. The highest BCUT2D eigenvalue weighted by molar-refractivity contribution is 5.94. The van der Waals surface area contributed by atoms with Gasteiger partial charge in [-0.3, -0.25) is 4.79 Å². The van der Waals surface area contributed by atoms with Gasteiger partial charge in [-0.2, -0.15) is 0 Å². The molecule has 0 atom stereocenters. The van der Waals surface area contributed by atoms with Crippen molar-refractivity contribution >= 4 is 17.2 Å². The maximum absolute atomic E-state index is 11.5. The average molecular weight is 335 g/mol. The second kappa shape index (κ2) is 6.29. The summed E-state index contributed by atoms with van der Waals surface area (Å²) in [5.74, 6) is 1.01. The predicted molar refractivity (Wildman–Crippen MR) is 97.8 cm³/mol. The Labute approximate surface area is 146 Å². The van der Waals surface area contributed by atoms with E-state index < -0.39 is 0 Å². The number of ketones is 1. The molecule has 1 aromatic carbocycles. The Balaban J connectivity index is 1.70. The lowest BCUT2D eigenvalue weighted by atomic mass is 10.1. The monoisotopic (exact) mass is 335 g/mol. The Morgan fingerprint density at radius 3 is 2.52 bits per heavy atom. The summed E-state index contributed by atoms with van der Waals surface area (Å²) in [6.45, 7) is 3.43. The smallest absolute Gasteiger partial charge is 0.159 e. The van der Waals surface area contributed by atoms with E-state index in [9.17, 15) is 4.79 Å². The fourth-order valence-electron chi connectivity index (χ4n) is 3.23. The maximum atomic E-state index is 11.5. The second-order valence-corrected chi connectivity index (χ2v) is 6.56. The molecule has 1 aliphatic rings. The quantitative estimate of drug-likeness (QED) is 0.744. The Morgan fingerprint density at radius 1 is 1.12 bits per heavy atom. The van der Waals surface area contributed by atoms with Crippen molar-refractivity contribution in [3.63, 3.8) is 0 Å². The van der Waals surface area contributed by atoms with Crippen LogP contribution in [-0.4, -0.2) is 39.5 Å². The lowest BCUT2D eigenvalue weighted by Gasteiger charge is -2.30. The Kier molecular flexibility index (Phi) is 3.97. The molecule has 0 saturated carbocycles. The number of rotatable bonds is 3. The van der Waals surface area contributed by atoms with Gasteiger partial charge in [-0.05, 0) is 31.9 Å². The Morgan fingerprint density at radius 2 is 1.84 bits per heavy atom. The number of hydrogen-bond donors (Lipinski definition) is 1. The Bertz CT molecular complexity index is 907. The van der Waals surface area contributed by atoms with Gasteiger partial charge < -0.3 is 10.6 Å². The first-order valence-electron chi connectivity index (χ1n) is 8.58. The Hall–Kier alpha value is -2.73. The summed E-state index contributed by atoms with van der Waals surface area (Å²) in [6.07, 6.45) is 3.80. The van der Waals surface area contributed by atoms with Gasteiger partial charge in [0.2, 0.25) is 0 Å². The first-order valence-corrected chi connectivity index (χ1v) is 8.58. The van der Waals surface area contributed by atoms with Gasteiger partial charge in [0.05, 0.1) is 11.9 Å². The van der Waals surface area contributed by atoms with Crippen molar-refractivity contribution in [2.45, 2.75) is 25.8 Å². The molecular formula is C19H21N5O. The van der Waals surface area contributed by atoms with E-state index in [-0.39, 0.29) is 5.78 Å². The lowest BCUT2D eigenvalue weighted by Crippen LogP contribution is -2.40. The molecule has 25 heavy (non-hydrogen) atoms. The number of imidazole rings is 1. The van der Waals surface area contributed by atoms with Gasteiger partial charge in [0.25, 0.3) is 0 Å². The van der Waals surface area contributed by atoms with E-state index in [1.54, 1.807) is 6.92 Å². The molecule has 6 nitrogen and oxygen atoms in total. The molecule has 2 N–H and O–H groups in total. The number of Topliss-reactive ketones (excluding diaryl/α,β-unsaturated/α-hetero) is 1. The zero-order valence-electron chi connectivity index (χ0n) is 14.2. The third kappa shape index (κ3) is 3.00. The van der Waals surface area contributed by atoms with Gasteiger partial charge in [-0.1, -0.05) is 24.3 Å². The van der Waals surface area contributed by atoms with Crippen LogP contribution in [-0.2, 0) is 0 Å². The van der Waals surface area contributed by atoms with Crippen LogP contribution >= 0.6 is 0 Å². The molecule has 4 rings (SSSR count). The van der Waals surface area contributed by atoms with Gasteiger partial charge in [0, 0.05) is 30.3 Å². The molecular weight excluding hydrogens is 314 g/mol. The minimum Gasteiger partial charge on any atom is -0.355 e. The third-order valence-electron chi connectivity index (χ3n) is 4.80. The molecule has 1 saturated heterocycles. The number of piperidine rings is 1. The van der Waals surface area contributed by atoms with Gasteiger partial charge in [0.1, 0.15) is 5.82 Å². The van der Waals surface area contributed by atoms with E-state index in [0.29, 0.717) is 11.6 Å². The molecule has 0 radical (unpaired) electrons. The maximum Gasteiger partial charge on any atom is 0.159 e. The van der Waals surface area contributed by atoms with E-state index in [1.165, 1.54) is 0 Å². The number of benzene rings is 1. The third-order valence-corrected chi connectivity index (χ3v) is 4.80. The van der Waals surface area contributed by atoms with Crippen molar-refractivity contribution in [3.8, 4) is 11.3 Å². The number of hydrogen-bond acceptors (Lipinski definition) is 5. The molecule has 0 amide bonds. The van der Waals surface area contributed by atoms with Gasteiger partial charge in [-0.25, -0.2) is 9.50 Å². The predicted octanol–water partition coefficient (Wildman–Crippen LogP) is 2.53. The lowest BCUT2D eigenvalue weighted by molar-refractivity contribution is 0.101. The van der Waals surface area contributed by atoms with E-state index in [2.05, 4.69) is 9.88 Å². The van der Waals surface area contributed by atoms with Gasteiger partial charge >= 0.3 is 0 Å². The van der Waals surface area contributed by atoms with Crippen LogP contribution in [0.4, 0.5) is 5.82 Å². The molecule has 0 aliphatic carbocycles. The van der Waals surface area contributed by atoms with Crippen molar-refractivity contribution < 1.29 is 4.79 Å². The number of carbonyl (C=O) groups excluding carboxylic acids is 1. The molecule has 6 heteroatoms. The van der Waals surface area contributed by atoms with Gasteiger partial charge in [-0.15, -0.1) is 5.10 Å². The molecule has 3 aromatic rings. The topological polar surface area (TPSA) is 76.5 Å². The van der Waals surface area contributed by atoms with Crippen LogP contribution < -0.4 is 10.6 Å². The molecule has 1 aliphatic heterocycles. The molecule has 128 valence electrons. The summed E-state index contributed by atoms with van der Waals surface area (Å²) < 4.78 is 1.87. The molecule has 3 heterocycles. The molecule has 0 unspecified atom stereocenters.